The first kappa shape index (κ1) is 12.6. The fourth-order valence-corrected chi connectivity index (χ4v) is 2.49. The van der Waals surface area contributed by atoms with Gasteiger partial charge in [-0.15, -0.1) is 0 Å². The lowest BCUT2D eigenvalue weighted by Gasteiger charge is -2.24. The molecule has 94 valence electrons. The van der Waals surface area contributed by atoms with E-state index in [1.165, 1.54) is 23.1 Å². The SMILES string of the molecule is CCNC(c1ccc2c(c1)COC2)C(C)CC. The molecule has 1 heterocycles. The summed E-state index contributed by atoms with van der Waals surface area (Å²) in [6.45, 7) is 9.32. The molecule has 0 aromatic heterocycles. The third-order valence-corrected chi connectivity index (χ3v) is 3.74. The molecule has 2 atom stereocenters. The molecule has 0 aliphatic carbocycles. The van der Waals surface area contributed by atoms with Crippen LogP contribution in [0.25, 0.3) is 0 Å². The number of ether oxygens (including phenoxy) is 1. The summed E-state index contributed by atoms with van der Waals surface area (Å²) in [5.41, 5.74) is 4.13. The van der Waals surface area contributed by atoms with Crippen molar-refractivity contribution in [3.05, 3.63) is 34.9 Å². The Hall–Kier alpha value is -0.860. The average molecular weight is 233 g/mol. The molecule has 0 saturated heterocycles. The van der Waals surface area contributed by atoms with Gasteiger partial charge in [-0.2, -0.15) is 0 Å². The van der Waals surface area contributed by atoms with E-state index in [1.54, 1.807) is 0 Å². The summed E-state index contributed by atoms with van der Waals surface area (Å²) in [6, 6.07) is 7.27. The summed E-state index contributed by atoms with van der Waals surface area (Å²) in [5.74, 6) is 0.662. The molecular weight excluding hydrogens is 210 g/mol. The van der Waals surface area contributed by atoms with Crippen molar-refractivity contribution in [3.8, 4) is 0 Å². The number of hydrogen-bond acceptors (Lipinski definition) is 2. The Bertz CT molecular complexity index is 375. The molecule has 0 amide bonds. The lowest BCUT2D eigenvalue weighted by Crippen LogP contribution is -2.26. The van der Waals surface area contributed by atoms with Crippen LogP contribution < -0.4 is 5.32 Å². The Morgan fingerprint density at radius 3 is 2.71 bits per heavy atom. The van der Waals surface area contributed by atoms with Gasteiger partial charge in [0, 0.05) is 6.04 Å². The topological polar surface area (TPSA) is 21.3 Å². The molecule has 1 aromatic carbocycles. The zero-order chi connectivity index (χ0) is 12.3. The van der Waals surface area contributed by atoms with Gasteiger partial charge >= 0.3 is 0 Å². The highest BCUT2D eigenvalue weighted by Crippen LogP contribution is 2.28. The van der Waals surface area contributed by atoms with E-state index in [9.17, 15) is 0 Å². The quantitative estimate of drug-likeness (QED) is 0.841. The maximum atomic E-state index is 5.48. The monoisotopic (exact) mass is 233 g/mol. The van der Waals surface area contributed by atoms with E-state index in [2.05, 4.69) is 44.3 Å². The predicted molar refractivity (Wildman–Crippen MR) is 70.8 cm³/mol. The van der Waals surface area contributed by atoms with Crippen molar-refractivity contribution in [2.75, 3.05) is 6.54 Å². The molecule has 17 heavy (non-hydrogen) atoms. The summed E-state index contributed by atoms with van der Waals surface area (Å²) in [5, 5.41) is 3.60. The standard InChI is InChI=1S/C15H23NO/c1-4-11(3)15(16-5-2)12-6-7-13-9-17-10-14(13)8-12/h6-8,11,15-16H,4-5,9-10H2,1-3H3. The molecule has 1 aliphatic rings. The Morgan fingerprint density at radius 1 is 1.24 bits per heavy atom. The molecule has 0 fully saturated rings. The van der Waals surface area contributed by atoms with Gasteiger partial charge in [-0.25, -0.2) is 0 Å². The van der Waals surface area contributed by atoms with Gasteiger partial charge in [0.05, 0.1) is 13.2 Å². The maximum Gasteiger partial charge on any atom is 0.0725 e. The largest absolute Gasteiger partial charge is 0.372 e. The van der Waals surface area contributed by atoms with Crippen LogP contribution in [0.5, 0.6) is 0 Å². The van der Waals surface area contributed by atoms with Crippen LogP contribution in [-0.2, 0) is 18.0 Å². The minimum atomic E-state index is 0.468. The first-order valence-corrected chi connectivity index (χ1v) is 6.69. The molecule has 2 heteroatoms. The second-order valence-corrected chi connectivity index (χ2v) is 4.94. The van der Waals surface area contributed by atoms with Gasteiger partial charge in [0.25, 0.3) is 0 Å². The molecule has 0 spiro atoms. The summed E-state index contributed by atoms with van der Waals surface area (Å²) < 4.78 is 5.48. The second-order valence-electron chi connectivity index (χ2n) is 4.94. The van der Waals surface area contributed by atoms with Crippen LogP contribution in [0.2, 0.25) is 0 Å². The summed E-state index contributed by atoms with van der Waals surface area (Å²) >= 11 is 0. The minimum absolute atomic E-state index is 0.468. The number of nitrogens with one attached hydrogen (secondary N) is 1. The van der Waals surface area contributed by atoms with E-state index in [-0.39, 0.29) is 0 Å². The van der Waals surface area contributed by atoms with Crippen LogP contribution in [-0.4, -0.2) is 6.54 Å². The van der Waals surface area contributed by atoms with Crippen molar-refractivity contribution in [2.45, 2.75) is 46.4 Å². The van der Waals surface area contributed by atoms with E-state index in [0.717, 1.165) is 19.8 Å². The highest BCUT2D eigenvalue weighted by atomic mass is 16.5. The van der Waals surface area contributed by atoms with Crippen molar-refractivity contribution in [1.29, 1.82) is 0 Å². The van der Waals surface area contributed by atoms with Crippen LogP contribution >= 0.6 is 0 Å². The molecule has 0 saturated carbocycles. The molecule has 1 aromatic rings. The molecule has 1 N–H and O–H groups in total. The molecule has 2 nitrogen and oxygen atoms in total. The molecule has 0 bridgehead atoms. The lowest BCUT2D eigenvalue weighted by atomic mass is 9.90. The smallest absolute Gasteiger partial charge is 0.0725 e. The highest BCUT2D eigenvalue weighted by molar-refractivity contribution is 5.34. The third kappa shape index (κ3) is 2.70. The average Bonchev–Trinajstić information content (AvgIpc) is 2.82. The normalized spacial score (nSPS) is 17.8. The molecule has 2 rings (SSSR count). The molecule has 2 unspecified atom stereocenters. The zero-order valence-electron chi connectivity index (χ0n) is 11.1. The van der Waals surface area contributed by atoms with Crippen molar-refractivity contribution in [3.63, 3.8) is 0 Å². The van der Waals surface area contributed by atoms with Gasteiger partial charge in [0.15, 0.2) is 0 Å². The first-order valence-electron chi connectivity index (χ1n) is 6.69. The predicted octanol–water partition coefficient (Wildman–Crippen LogP) is 3.41. The van der Waals surface area contributed by atoms with Crippen molar-refractivity contribution < 1.29 is 4.74 Å². The second kappa shape index (κ2) is 5.65. The number of hydrogen-bond donors (Lipinski definition) is 1. The van der Waals surface area contributed by atoms with Crippen LogP contribution in [0.4, 0.5) is 0 Å². The van der Waals surface area contributed by atoms with Crippen LogP contribution in [0.3, 0.4) is 0 Å². The van der Waals surface area contributed by atoms with Gasteiger partial charge in [0.2, 0.25) is 0 Å². The van der Waals surface area contributed by atoms with Gasteiger partial charge in [0.1, 0.15) is 0 Å². The zero-order valence-corrected chi connectivity index (χ0v) is 11.1. The number of rotatable bonds is 5. The third-order valence-electron chi connectivity index (χ3n) is 3.74. The van der Waals surface area contributed by atoms with Gasteiger partial charge in [-0.3, -0.25) is 0 Å². The number of fused-ring (bicyclic) bond motifs is 1. The van der Waals surface area contributed by atoms with Crippen molar-refractivity contribution >= 4 is 0 Å². The summed E-state index contributed by atoms with van der Waals surface area (Å²) in [4.78, 5) is 0. The maximum absolute atomic E-state index is 5.48. The Balaban J connectivity index is 2.23. The lowest BCUT2D eigenvalue weighted by molar-refractivity contribution is 0.134. The van der Waals surface area contributed by atoms with E-state index in [0.29, 0.717) is 12.0 Å². The van der Waals surface area contributed by atoms with E-state index < -0.39 is 0 Å². The van der Waals surface area contributed by atoms with Crippen molar-refractivity contribution in [2.24, 2.45) is 5.92 Å². The first-order chi connectivity index (χ1) is 8.26. The van der Waals surface area contributed by atoms with E-state index in [4.69, 9.17) is 4.74 Å². The van der Waals surface area contributed by atoms with Crippen LogP contribution in [0, 0.1) is 5.92 Å². The Kier molecular flexibility index (Phi) is 4.19. The Labute approximate surface area is 104 Å². The van der Waals surface area contributed by atoms with Gasteiger partial charge in [-0.05, 0) is 29.2 Å². The summed E-state index contributed by atoms with van der Waals surface area (Å²) in [7, 11) is 0. The molecule has 0 radical (unpaired) electrons. The molecule has 1 aliphatic heterocycles. The van der Waals surface area contributed by atoms with Crippen LogP contribution in [0.15, 0.2) is 18.2 Å². The number of benzene rings is 1. The van der Waals surface area contributed by atoms with E-state index >= 15 is 0 Å². The summed E-state index contributed by atoms with van der Waals surface area (Å²) in [6.07, 6.45) is 1.20. The minimum Gasteiger partial charge on any atom is -0.372 e. The Morgan fingerprint density at radius 2 is 2.00 bits per heavy atom. The van der Waals surface area contributed by atoms with Gasteiger partial charge < -0.3 is 10.1 Å². The fraction of sp³-hybridized carbons (Fsp3) is 0.600. The van der Waals surface area contributed by atoms with Crippen molar-refractivity contribution in [1.82, 2.24) is 5.32 Å². The van der Waals surface area contributed by atoms with Crippen LogP contribution in [0.1, 0.15) is 49.9 Å². The fourth-order valence-electron chi connectivity index (χ4n) is 2.49. The van der Waals surface area contributed by atoms with E-state index in [1.807, 2.05) is 0 Å². The molecular formula is C15H23NO. The van der Waals surface area contributed by atoms with Gasteiger partial charge in [-0.1, -0.05) is 45.4 Å². The highest BCUT2D eigenvalue weighted by Gasteiger charge is 2.19.